The van der Waals surface area contributed by atoms with Crippen LogP contribution < -0.4 is 15.5 Å². The second-order valence-corrected chi connectivity index (χ2v) is 10.1. The number of carbonyl (C=O) groups is 1. The SMILES string of the molecule is O=C(CNc1cc(S(=O)(=O)N2CCCCC2)ccc1N1CCOCC1)Nc1ccc(F)cc1. The first kappa shape index (κ1) is 23.5. The molecule has 2 heterocycles. The molecule has 2 aliphatic heterocycles. The van der Waals surface area contributed by atoms with Crippen LogP contribution in [0, 0.1) is 5.82 Å². The number of amides is 1. The van der Waals surface area contributed by atoms with Crippen LogP contribution in [0.3, 0.4) is 0 Å². The molecule has 0 atom stereocenters. The van der Waals surface area contributed by atoms with E-state index in [-0.39, 0.29) is 23.2 Å². The number of carbonyl (C=O) groups excluding carboxylic acids is 1. The van der Waals surface area contributed by atoms with Gasteiger partial charge in [-0.2, -0.15) is 4.31 Å². The number of benzene rings is 2. The lowest BCUT2D eigenvalue weighted by molar-refractivity contribution is -0.114. The molecule has 33 heavy (non-hydrogen) atoms. The van der Waals surface area contributed by atoms with E-state index in [9.17, 15) is 17.6 Å². The molecule has 4 rings (SSSR count). The van der Waals surface area contributed by atoms with Gasteiger partial charge in [-0.25, -0.2) is 12.8 Å². The summed E-state index contributed by atoms with van der Waals surface area (Å²) in [5.74, 6) is -0.702. The minimum absolute atomic E-state index is 0.0675. The van der Waals surface area contributed by atoms with Gasteiger partial charge in [0.25, 0.3) is 0 Å². The molecule has 0 spiro atoms. The van der Waals surface area contributed by atoms with Gasteiger partial charge in [-0.3, -0.25) is 4.79 Å². The van der Waals surface area contributed by atoms with Crippen LogP contribution in [0.15, 0.2) is 47.4 Å². The number of hydrogen-bond acceptors (Lipinski definition) is 6. The van der Waals surface area contributed by atoms with E-state index in [1.807, 2.05) is 0 Å². The second-order valence-electron chi connectivity index (χ2n) is 8.15. The van der Waals surface area contributed by atoms with E-state index in [2.05, 4.69) is 15.5 Å². The number of nitrogens with zero attached hydrogens (tertiary/aromatic N) is 2. The lowest BCUT2D eigenvalue weighted by Crippen LogP contribution is -2.37. The van der Waals surface area contributed by atoms with Crippen molar-refractivity contribution in [1.82, 2.24) is 4.31 Å². The van der Waals surface area contributed by atoms with Crippen LogP contribution in [-0.2, 0) is 19.6 Å². The molecule has 178 valence electrons. The molecule has 0 aromatic heterocycles. The summed E-state index contributed by atoms with van der Waals surface area (Å²) in [7, 11) is -3.61. The molecule has 0 radical (unpaired) electrons. The normalized spacial score (nSPS) is 17.5. The van der Waals surface area contributed by atoms with Gasteiger partial charge in [0.05, 0.1) is 36.0 Å². The van der Waals surface area contributed by atoms with Crippen LogP contribution in [0.4, 0.5) is 21.5 Å². The summed E-state index contributed by atoms with van der Waals surface area (Å²) in [5.41, 5.74) is 1.88. The van der Waals surface area contributed by atoms with Crippen molar-refractivity contribution < 1.29 is 22.3 Å². The van der Waals surface area contributed by atoms with Crippen molar-refractivity contribution in [3.8, 4) is 0 Å². The predicted octanol–water partition coefficient (Wildman–Crippen LogP) is 2.89. The van der Waals surface area contributed by atoms with Crippen molar-refractivity contribution >= 4 is 33.0 Å². The third-order valence-electron chi connectivity index (χ3n) is 5.84. The number of morpholine rings is 1. The number of hydrogen-bond donors (Lipinski definition) is 2. The predicted molar refractivity (Wildman–Crippen MR) is 126 cm³/mol. The maximum absolute atomic E-state index is 13.2. The summed E-state index contributed by atoms with van der Waals surface area (Å²) >= 11 is 0. The van der Waals surface area contributed by atoms with Crippen LogP contribution in [-0.4, -0.2) is 64.6 Å². The number of piperidine rings is 1. The molecular weight excluding hydrogens is 447 g/mol. The molecule has 2 fully saturated rings. The Labute approximate surface area is 193 Å². The van der Waals surface area contributed by atoms with Crippen LogP contribution in [0.2, 0.25) is 0 Å². The number of anilines is 3. The highest BCUT2D eigenvalue weighted by atomic mass is 32.2. The molecular formula is C23H29FN4O4S. The Morgan fingerprint density at radius 1 is 0.970 bits per heavy atom. The molecule has 2 aromatic carbocycles. The fourth-order valence-electron chi connectivity index (χ4n) is 4.07. The van der Waals surface area contributed by atoms with E-state index in [0.717, 1.165) is 24.9 Å². The Balaban J connectivity index is 1.54. The quantitative estimate of drug-likeness (QED) is 0.639. The number of sulfonamides is 1. The van der Waals surface area contributed by atoms with Crippen molar-refractivity contribution in [2.24, 2.45) is 0 Å². The molecule has 2 N–H and O–H groups in total. The fraction of sp³-hybridized carbons (Fsp3) is 0.435. The molecule has 8 nitrogen and oxygen atoms in total. The Bertz CT molecular complexity index is 1070. The van der Waals surface area contributed by atoms with Gasteiger partial charge in [-0.1, -0.05) is 6.42 Å². The lowest BCUT2D eigenvalue weighted by Gasteiger charge is -2.31. The third kappa shape index (κ3) is 5.82. The Morgan fingerprint density at radius 3 is 2.36 bits per heavy atom. The van der Waals surface area contributed by atoms with Gasteiger partial charge >= 0.3 is 0 Å². The summed E-state index contributed by atoms with van der Waals surface area (Å²) in [5, 5.41) is 5.81. The van der Waals surface area contributed by atoms with E-state index in [1.54, 1.807) is 18.2 Å². The smallest absolute Gasteiger partial charge is 0.243 e. The van der Waals surface area contributed by atoms with Crippen molar-refractivity contribution in [2.75, 3.05) is 61.5 Å². The summed E-state index contributed by atoms with van der Waals surface area (Å²) in [6.45, 7) is 3.49. The topological polar surface area (TPSA) is 91.0 Å². The first-order chi connectivity index (χ1) is 15.9. The Morgan fingerprint density at radius 2 is 1.67 bits per heavy atom. The summed E-state index contributed by atoms with van der Waals surface area (Å²) in [6, 6.07) is 10.6. The van der Waals surface area contributed by atoms with Gasteiger partial charge in [0, 0.05) is 31.9 Å². The highest BCUT2D eigenvalue weighted by molar-refractivity contribution is 7.89. The molecule has 2 aliphatic rings. The van der Waals surface area contributed by atoms with E-state index < -0.39 is 10.0 Å². The highest BCUT2D eigenvalue weighted by Crippen LogP contribution is 2.31. The molecule has 1 amide bonds. The van der Waals surface area contributed by atoms with Crippen molar-refractivity contribution in [3.05, 3.63) is 48.3 Å². The van der Waals surface area contributed by atoms with Gasteiger partial charge in [-0.05, 0) is 55.3 Å². The minimum Gasteiger partial charge on any atom is -0.378 e. The first-order valence-corrected chi connectivity index (χ1v) is 12.6. The Kier molecular flexibility index (Phi) is 7.46. The molecule has 0 unspecified atom stereocenters. The maximum Gasteiger partial charge on any atom is 0.243 e. The number of halogens is 1. The van der Waals surface area contributed by atoms with Gasteiger partial charge in [0.15, 0.2) is 0 Å². The zero-order valence-corrected chi connectivity index (χ0v) is 19.2. The van der Waals surface area contributed by atoms with Gasteiger partial charge in [0.1, 0.15) is 5.82 Å². The van der Waals surface area contributed by atoms with E-state index in [0.29, 0.717) is 50.8 Å². The molecule has 2 aromatic rings. The number of rotatable bonds is 7. The summed E-state index contributed by atoms with van der Waals surface area (Å²) < 4.78 is 46.4. The first-order valence-electron chi connectivity index (χ1n) is 11.2. The van der Waals surface area contributed by atoms with E-state index >= 15 is 0 Å². The minimum atomic E-state index is -3.61. The van der Waals surface area contributed by atoms with Crippen molar-refractivity contribution in [2.45, 2.75) is 24.2 Å². The number of nitrogens with one attached hydrogen (secondary N) is 2. The molecule has 0 aliphatic carbocycles. The van der Waals surface area contributed by atoms with Crippen molar-refractivity contribution in [3.63, 3.8) is 0 Å². The average Bonchev–Trinajstić information content (AvgIpc) is 2.85. The monoisotopic (exact) mass is 476 g/mol. The summed E-state index contributed by atoms with van der Waals surface area (Å²) in [4.78, 5) is 14.8. The summed E-state index contributed by atoms with van der Waals surface area (Å²) in [6.07, 6.45) is 2.76. The second kappa shape index (κ2) is 10.5. The fourth-order valence-corrected chi connectivity index (χ4v) is 5.61. The molecule has 0 saturated carbocycles. The van der Waals surface area contributed by atoms with E-state index in [4.69, 9.17) is 4.74 Å². The van der Waals surface area contributed by atoms with Gasteiger partial charge in [0.2, 0.25) is 15.9 Å². The maximum atomic E-state index is 13.2. The molecule has 0 bridgehead atoms. The van der Waals surface area contributed by atoms with E-state index in [1.165, 1.54) is 28.6 Å². The molecule has 2 saturated heterocycles. The van der Waals surface area contributed by atoms with Crippen LogP contribution >= 0.6 is 0 Å². The lowest BCUT2D eigenvalue weighted by atomic mass is 10.2. The van der Waals surface area contributed by atoms with Crippen LogP contribution in [0.5, 0.6) is 0 Å². The largest absolute Gasteiger partial charge is 0.378 e. The number of ether oxygens (including phenoxy) is 1. The zero-order chi connectivity index (χ0) is 23.3. The van der Waals surface area contributed by atoms with Gasteiger partial charge in [-0.15, -0.1) is 0 Å². The third-order valence-corrected chi connectivity index (χ3v) is 7.73. The molecule has 10 heteroatoms. The zero-order valence-electron chi connectivity index (χ0n) is 18.4. The van der Waals surface area contributed by atoms with Crippen LogP contribution in [0.25, 0.3) is 0 Å². The van der Waals surface area contributed by atoms with Crippen molar-refractivity contribution in [1.29, 1.82) is 0 Å². The Hall–Kier alpha value is -2.69. The standard InChI is InChI=1S/C23H29FN4O4S/c24-18-4-6-19(7-5-18)26-23(29)17-25-21-16-20(33(30,31)28-10-2-1-3-11-28)8-9-22(21)27-12-14-32-15-13-27/h4-9,16,25H,1-3,10-15,17H2,(H,26,29). The van der Waals surface area contributed by atoms with Gasteiger partial charge < -0.3 is 20.3 Å². The average molecular weight is 477 g/mol. The highest BCUT2D eigenvalue weighted by Gasteiger charge is 2.27. The van der Waals surface area contributed by atoms with Crippen LogP contribution in [0.1, 0.15) is 19.3 Å².